The van der Waals surface area contributed by atoms with Crippen molar-refractivity contribution in [2.75, 3.05) is 25.5 Å². The van der Waals surface area contributed by atoms with Crippen LogP contribution in [0, 0.1) is 0 Å². The molecule has 7 heteroatoms. The first-order valence-corrected chi connectivity index (χ1v) is 8.70. The minimum absolute atomic E-state index is 0.213. The largest absolute Gasteiger partial charge is 0.416 e. The highest BCUT2D eigenvalue weighted by atomic mass is 19.4. The Kier molecular flexibility index (Phi) is 5.41. The molecule has 1 aliphatic rings. The Balaban J connectivity index is 1.86. The van der Waals surface area contributed by atoms with Crippen molar-refractivity contribution in [2.45, 2.75) is 24.4 Å². The zero-order chi connectivity index (χ0) is 19.5. The number of rotatable bonds is 4. The number of para-hydroxylation sites is 1. The predicted molar refractivity (Wildman–Crippen MR) is 96.4 cm³/mol. The summed E-state index contributed by atoms with van der Waals surface area (Å²) >= 11 is 0. The first-order valence-electron chi connectivity index (χ1n) is 8.70. The highest BCUT2D eigenvalue weighted by Crippen LogP contribution is 2.38. The molecular weight excluding hydrogens is 357 g/mol. The van der Waals surface area contributed by atoms with Crippen molar-refractivity contribution in [2.24, 2.45) is 0 Å². The molecule has 3 rings (SSSR count). The van der Waals surface area contributed by atoms with Gasteiger partial charge in [0, 0.05) is 30.9 Å². The van der Waals surface area contributed by atoms with E-state index in [0.29, 0.717) is 42.9 Å². The number of hydrogen-bond acceptors (Lipinski definition) is 3. The molecule has 1 fully saturated rings. The number of nitrogens with one attached hydrogen (secondary N) is 1. The van der Waals surface area contributed by atoms with E-state index in [-0.39, 0.29) is 12.5 Å². The molecule has 0 aliphatic carbocycles. The maximum atomic E-state index is 13.1. The third-order valence-electron chi connectivity index (χ3n) is 5.04. The summed E-state index contributed by atoms with van der Waals surface area (Å²) in [6.45, 7) is 1.07. The maximum Gasteiger partial charge on any atom is 0.416 e. The molecule has 4 nitrogen and oxygen atoms in total. The van der Waals surface area contributed by atoms with E-state index in [1.165, 1.54) is 12.1 Å². The first-order chi connectivity index (χ1) is 12.8. The van der Waals surface area contributed by atoms with Gasteiger partial charge in [0.05, 0.1) is 11.1 Å². The molecule has 0 radical (unpaired) electrons. The lowest BCUT2D eigenvalue weighted by Gasteiger charge is -2.38. The normalized spacial score (nSPS) is 16.7. The van der Waals surface area contributed by atoms with Gasteiger partial charge in [-0.2, -0.15) is 13.2 Å². The number of nitrogen functional groups attached to an aromatic ring is 1. The van der Waals surface area contributed by atoms with Crippen LogP contribution in [0.4, 0.5) is 18.9 Å². The van der Waals surface area contributed by atoms with E-state index >= 15 is 0 Å². The van der Waals surface area contributed by atoms with Gasteiger partial charge in [-0.3, -0.25) is 4.79 Å². The maximum absolute atomic E-state index is 13.1. The van der Waals surface area contributed by atoms with Crippen LogP contribution < -0.4 is 11.1 Å². The number of hydrogen-bond donors (Lipinski definition) is 2. The fraction of sp³-hybridized carbons (Fsp3) is 0.350. The molecule has 1 amide bonds. The van der Waals surface area contributed by atoms with E-state index in [2.05, 4.69) is 5.32 Å². The molecule has 144 valence electrons. The van der Waals surface area contributed by atoms with Gasteiger partial charge < -0.3 is 15.8 Å². The highest BCUT2D eigenvalue weighted by Gasteiger charge is 2.37. The third-order valence-corrected chi connectivity index (χ3v) is 5.04. The molecule has 2 aromatic carbocycles. The Bertz CT molecular complexity index is 815. The monoisotopic (exact) mass is 378 g/mol. The molecule has 27 heavy (non-hydrogen) atoms. The number of alkyl halides is 3. The van der Waals surface area contributed by atoms with E-state index in [9.17, 15) is 18.0 Å². The van der Waals surface area contributed by atoms with Crippen LogP contribution >= 0.6 is 0 Å². The summed E-state index contributed by atoms with van der Waals surface area (Å²) in [4.78, 5) is 12.5. The van der Waals surface area contributed by atoms with E-state index in [0.717, 1.165) is 6.07 Å². The van der Waals surface area contributed by atoms with Gasteiger partial charge in [-0.1, -0.05) is 30.3 Å². The van der Waals surface area contributed by atoms with Gasteiger partial charge in [0.2, 0.25) is 0 Å². The fourth-order valence-corrected chi connectivity index (χ4v) is 3.40. The number of nitrogens with two attached hydrogens (primary N) is 1. The minimum Gasteiger partial charge on any atom is -0.398 e. The van der Waals surface area contributed by atoms with Gasteiger partial charge in [-0.05, 0) is 36.6 Å². The standard InChI is InChI=1S/C20H21F3N2O2/c21-20(22,23)15-5-3-4-14(12-15)19(8-10-27-11-9-19)13-25-18(26)16-6-1-2-7-17(16)24/h1-7,12H,8-11,13,24H2,(H,25,26). The van der Waals surface area contributed by atoms with Crippen molar-refractivity contribution in [3.63, 3.8) is 0 Å². The van der Waals surface area contributed by atoms with Gasteiger partial charge >= 0.3 is 6.18 Å². The highest BCUT2D eigenvalue weighted by molar-refractivity contribution is 5.99. The van der Waals surface area contributed by atoms with Crippen LogP contribution in [0.25, 0.3) is 0 Å². The van der Waals surface area contributed by atoms with Crippen molar-refractivity contribution in [1.29, 1.82) is 0 Å². The van der Waals surface area contributed by atoms with Crippen molar-refractivity contribution in [3.8, 4) is 0 Å². The topological polar surface area (TPSA) is 64.4 Å². The zero-order valence-corrected chi connectivity index (χ0v) is 14.7. The molecule has 2 aromatic rings. The molecular formula is C20H21F3N2O2. The summed E-state index contributed by atoms with van der Waals surface area (Å²) in [5.41, 5.74) is 5.80. The van der Waals surface area contributed by atoms with Gasteiger partial charge in [0.1, 0.15) is 0 Å². The summed E-state index contributed by atoms with van der Waals surface area (Å²) in [5, 5.41) is 2.85. The molecule has 0 spiro atoms. The minimum atomic E-state index is -4.41. The number of carbonyl (C=O) groups is 1. The molecule has 0 aromatic heterocycles. The predicted octanol–water partition coefficient (Wildman–Crippen LogP) is 3.77. The molecule has 1 heterocycles. The molecule has 1 saturated heterocycles. The molecule has 0 unspecified atom stereocenters. The first kappa shape index (κ1) is 19.2. The van der Waals surface area contributed by atoms with Gasteiger partial charge in [-0.25, -0.2) is 0 Å². The Morgan fingerprint density at radius 3 is 2.48 bits per heavy atom. The Morgan fingerprint density at radius 2 is 1.81 bits per heavy atom. The van der Waals surface area contributed by atoms with Crippen LogP contribution in [0.3, 0.4) is 0 Å². The van der Waals surface area contributed by atoms with Crippen LogP contribution in [-0.2, 0) is 16.3 Å². The lowest BCUT2D eigenvalue weighted by Crippen LogP contribution is -2.44. The number of benzene rings is 2. The summed E-state index contributed by atoms with van der Waals surface area (Å²) in [5.74, 6) is -0.342. The smallest absolute Gasteiger partial charge is 0.398 e. The van der Waals surface area contributed by atoms with Crippen molar-refractivity contribution in [3.05, 3.63) is 65.2 Å². The second kappa shape index (κ2) is 7.60. The summed E-state index contributed by atoms with van der Waals surface area (Å²) in [6.07, 6.45) is -3.36. The Morgan fingerprint density at radius 1 is 1.11 bits per heavy atom. The van der Waals surface area contributed by atoms with Crippen molar-refractivity contribution < 1.29 is 22.7 Å². The summed E-state index contributed by atoms with van der Waals surface area (Å²) in [7, 11) is 0. The number of ether oxygens (including phenoxy) is 1. The van der Waals surface area contributed by atoms with Gasteiger partial charge in [-0.15, -0.1) is 0 Å². The average molecular weight is 378 g/mol. The third kappa shape index (κ3) is 4.24. The Labute approximate surface area is 155 Å². The second-order valence-electron chi connectivity index (χ2n) is 6.74. The quantitative estimate of drug-likeness (QED) is 0.796. The van der Waals surface area contributed by atoms with Crippen LogP contribution in [0.5, 0.6) is 0 Å². The molecule has 0 bridgehead atoms. The van der Waals surface area contributed by atoms with Gasteiger partial charge in [0.15, 0.2) is 0 Å². The lowest BCUT2D eigenvalue weighted by atomic mass is 9.73. The van der Waals surface area contributed by atoms with Gasteiger partial charge in [0.25, 0.3) is 5.91 Å². The molecule has 3 N–H and O–H groups in total. The summed E-state index contributed by atoms with van der Waals surface area (Å²) in [6, 6.07) is 12.0. The zero-order valence-electron chi connectivity index (χ0n) is 14.7. The molecule has 0 atom stereocenters. The van der Waals surface area contributed by atoms with Crippen molar-refractivity contribution >= 4 is 11.6 Å². The lowest BCUT2D eigenvalue weighted by molar-refractivity contribution is -0.137. The van der Waals surface area contributed by atoms with Crippen LogP contribution in [-0.4, -0.2) is 25.7 Å². The number of carbonyl (C=O) groups excluding carboxylic acids is 1. The Hall–Kier alpha value is -2.54. The van der Waals surface area contributed by atoms with E-state index in [4.69, 9.17) is 10.5 Å². The van der Waals surface area contributed by atoms with Crippen LogP contribution in [0.1, 0.15) is 34.3 Å². The van der Waals surface area contributed by atoms with Crippen molar-refractivity contribution in [1.82, 2.24) is 5.32 Å². The SMILES string of the molecule is Nc1ccccc1C(=O)NCC1(c2cccc(C(F)(F)F)c2)CCOCC1. The number of amides is 1. The molecule has 1 aliphatic heterocycles. The molecule has 0 saturated carbocycles. The second-order valence-corrected chi connectivity index (χ2v) is 6.74. The number of halogens is 3. The number of anilines is 1. The van der Waals surface area contributed by atoms with Crippen LogP contribution in [0.2, 0.25) is 0 Å². The summed E-state index contributed by atoms with van der Waals surface area (Å²) < 4.78 is 44.8. The average Bonchev–Trinajstić information content (AvgIpc) is 2.67. The fourth-order valence-electron chi connectivity index (χ4n) is 3.40. The van der Waals surface area contributed by atoms with Crippen LogP contribution in [0.15, 0.2) is 48.5 Å². The van der Waals surface area contributed by atoms with E-state index in [1.807, 2.05) is 0 Å². The van der Waals surface area contributed by atoms with E-state index in [1.54, 1.807) is 30.3 Å². The van der Waals surface area contributed by atoms with E-state index < -0.39 is 17.2 Å².